The molecule has 2 fully saturated rings. The van der Waals surface area contributed by atoms with E-state index in [1.54, 1.807) is 10.9 Å². The fourth-order valence-corrected chi connectivity index (χ4v) is 3.78. The molecule has 23 heavy (non-hydrogen) atoms. The first kappa shape index (κ1) is 16.2. The van der Waals surface area contributed by atoms with Gasteiger partial charge in [0.1, 0.15) is 0 Å². The molecule has 2 aliphatic heterocycles. The average molecular weight is 318 g/mol. The first-order valence-electron chi connectivity index (χ1n) is 8.61. The van der Waals surface area contributed by atoms with Crippen LogP contribution in [0.2, 0.25) is 0 Å². The number of piperidine rings is 1. The van der Waals surface area contributed by atoms with E-state index in [9.17, 15) is 9.59 Å². The van der Waals surface area contributed by atoms with Crippen LogP contribution in [0.15, 0.2) is 23.4 Å². The summed E-state index contributed by atoms with van der Waals surface area (Å²) in [5.41, 5.74) is 0.0148. The van der Waals surface area contributed by atoms with Crippen LogP contribution in [0.3, 0.4) is 0 Å². The van der Waals surface area contributed by atoms with Gasteiger partial charge in [0.15, 0.2) is 0 Å². The van der Waals surface area contributed by atoms with Crippen molar-refractivity contribution >= 4 is 5.91 Å². The first-order chi connectivity index (χ1) is 11.1. The number of aromatic nitrogens is 2. The molecule has 2 saturated heterocycles. The Bertz CT molecular complexity index is 605. The summed E-state index contributed by atoms with van der Waals surface area (Å²) in [6.07, 6.45) is 6.17. The SMILES string of the molecule is CC(C)N1CCC(N2CCC(Cn3cnccc3=O)CC2)C1=O. The minimum atomic E-state index is 0.0148. The van der Waals surface area contributed by atoms with Crippen LogP contribution < -0.4 is 5.56 Å². The monoisotopic (exact) mass is 318 g/mol. The first-order valence-corrected chi connectivity index (χ1v) is 8.61. The minimum absolute atomic E-state index is 0.0148. The second kappa shape index (κ2) is 6.83. The summed E-state index contributed by atoms with van der Waals surface area (Å²) in [6, 6.07) is 1.87. The van der Waals surface area contributed by atoms with E-state index >= 15 is 0 Å². The second-order valence-electron chi connectivity index (χ2n) is 6.98. The van der Waals surface area contributed by atoms with Crippen molar-refractivity contribution in [1.82, 2.24) is 19.4 Å². The van der Waals surface area contributed by atoms with Crippen LogP contribution in [0, 0.1) is 5.92 Å². The van der Waals surface area contributed by atoms with Crippen LogP contribution in [-0.4, -0.2) is 57.0 Å². The van der Waals surface area contributed by atoms with Crippen molar-refractivity contribution in [3.8, 4) is 0 Å². The van der Waals surface area contributed by atoms with Gasteiger partial charge in [-0.15, -0.1) is 0 Å². The molecule has 1 aromatic rings. The summed E-state index contributed by atoms with van der Waals surface area (Å²) in [7, 11) is 0. The Balaban J connectivity index is 1.54. The van der Waals surface area contributed by atoms with Gasteiger partial charge in [-0.2, -0.15) is 0 Å². The summed E-state index contributed by atoms with van der Waals surface area (Å²) in [6.45, 7) is 7.67. The van der Waals surface area contributed by atoms with Crippen molar-refractivity contribution in [3.63, 3.8) is 0 Å². The Kier molecular flexibility index (Phi) is 4.80. The smallest absolute Gasteiger partial charge is 0.253 e. The van der Waals surface area contributed by atoms with Crippen LogP contribution >= 0.6 is 0 Å². The van der Waals surface area contributed by atoms with Gasteiger partial charge in [-0.25, -0.2) is 4.98 Å². The number of hydrogen-bond donors (Lipinski definition) is 0. The normalized spacial score (nSPS) is 23.9. The summed E-state index contributed by atoms with van der Waals surface area (Å²) in [4.78, 5) is 32.6. The zero-order valence-corrected chi connectivity index (χ0v) is 14.0. The lowest BCUT2D eigenvalue weighted by Crippen LogP contribution is -2.47. The van der Waals surface area contributed by atoms with Crippen LogP contribution in [0.25, 0.3) is 0 Å². The second-order valence-corrected chi connectivity index (χ2v) is 6.98. The summed E-state index contributed by atoms with van der Waals surface area (Å²) >= 11 is 0. The number of carbonyl (C=O) groups is 1. The number of amides is 1. The van der Waals surface area contributed by atoms with Crippen LogP contribution in [0.5, 0.6) is 0 Å². The molecule has 0 aliphatic carbocycles. The summed E-state index contributed by atoms with van der Waals surface area (Å²) in [5, 5.41) is 0. The van der Waals surface area contributed by atoms with E-state index in [2.05, 4.69) is 23.7 Å². The zero-order chi connectivity index (χ0) is 16.4. The predicted octanol–water partition coefficient (Wildman–Crippen LogP) is 0.965. The molecule has 1 aromatic heterocycles. The number of rotatable bonds is 4. The van der Waals surface area contributed by atoms with Gasteiger partial charge in [-0.1, -0.05) is 0 Å². The van der Waals surface area contributed by atoms with E-state index in [-0.39, 0.29) is 11.6 Å². The maximum Gasteiger partial charge on any atom is 0.253 e. The van der Waals surface area contributed by atoms with Gasteiger partial charge < -0.3 is 4.90 Å². The molecule has 0 bridgehead atoms. The highest BCUT2D eigenvalue weighted by Crippen LogP contribution is 2.25. The molecule has 3 rings (SSSR count). The lowest BCUT2D eigenvalue weighted by molar-refractivity contribution is -0.134. The van der Waals surface area contributed by atoms with E-state index in [4.69, 9.17) is 0 Å². The Morgan fingerprint density at radius 1 is 1.17 bits per heavy atom. The fourth-order valence-electron chi connectivity index (χ4n) is 3.78. The van der Waals surface area contributed by atoms with Crippen molar-refractivity contribution in [2.75, 3.05) is 19.6 Å². The van der Waals surface area contributed by atoms with E-state index < -0.39 is 0 Å². The quantitative estimate of drug-likeness (QED) is 0.830. The maximum atomic E-state index is 12.5. The van der Waals surface area contributed by atoms with Crippen LogP contribution in [0.4, 0.5) is 0 Å². The Labute approximate surface area is 137 Å². The number of nitrogens with zero attached hydrogens (tertiary/aromatic N) is 4. The molecular formula is C17H26N4O2. The van der Waals surface area contributed by atoms with Crippen molar-refractivity contribution in [3.05, 3.63) is 28.9 Å². The number of hydrogen-bond acceptors (Lipinski definition) is 4. The van der Waals surface area contributed by atoms with Gasteiger partial charge in [0.2, 0.25) is 5.91 Å². The molecule has 0 N–H and O–H groups in total. The van der Waals surface area contributed by atoms with E-state index in [0.717, 1.165) is 45.4 Å². The molecule has 1 amide bonds. The van der Waals surface area contributed by atoms with Gasteiger partial charge in [-0.05, 0) is 52.1 Å². The van der Waals surface area contributed by atoms with Gasteiger partial charge in [0.25, 0.3) is 5.56 Å². The highest BCUT2D eigenvalue weighted by molar-refractivity contribution is 5.84. The fraction of sp³-hybridized carbons (Fsp3) is 0.706. The molecule has 0 radical (unpaired) electrons. The molecule has 1 atom stereocenters. The maximum absolute atomic E-state index is 12.5. The summed E-state index contributed by atoms with van der Waals surface area (Å²) in [5.74, 6) is 0.785. The molecular weight excluding hydrogens is 292 g/mol. The van der Waals surface area contributed by atoms with Gasteiger partial charge >= 0.3 is 0 Å². The lowest BCUT2D eigenvalue weighted by Gasteiger charge is -2.35. The number of carbonyl (C=O) groups excluding carboxylic acids is 1. The highest BCUT2D eigenvalue weighted by atomic mass is 16.2. The Hall–Kier alpha value is -1.69. The number of likely N-dealkylation sites (tertiary alicyclic amines) is 2. The van der Waals surface area contributed by atoms with Crippen molar-refractivity contribution in [2.24, 2.45) is 5.92 Å². The van der Waals surface area contributed by atoms with E-state index in [0.29, 0.717) is 17.9 Å². The standard InChI is InChI=1S/C17H26N4O2/c1-13(2)21-10-6-15(17(21)23)19-8-4-14(5-9-19)11-20-12-18-7-3-16(20)22/h3,7,12-15H,4-6,8-11H2,1-2H3. The predicted molar refractivity (Wildman–Crippen MR) is 88.0 cm³/mol. The molecule has 6 nitrogen and oxygen atoms in total. The minimum Gasteiger partial charge on any atom is -0.339 e. The third-order valence-electron chi connectivity index (χ3n) is 5.17. The van der Waals surface area contributed by atoms with E-state index in [1.807, 2.05) is 4.90 Å². The molecule has 2 aliphatic rings. The van der Waals surface area contributed by atoms with Gasteiger partial charge in [-0.3, -0.25) is 19.1 Å². The topological polar surface area (TPSA) is 58.4 Å². The van der Waals surface area contributed by atoms with Crippen molar-refractivity contribution < 1.29 is 4.79 Å². The molecule has 126 valence electrons. The largest absolute Gasteiger partial charge is 0.339 e. The molecule has 0 saturated carbocycles. The average Bonchev–Trinajstić information content (AvgIpc) is 2.92. The third kappa shape index (κ3) is 3.47. The molecule has 0 spiro atoms. The highest BCUT2D eigenvalue weighted by Gasteiger charge is 2.38. The van der Waals surface area contributed by atoms with E-state index in [1.165, 1.54) is 12.3 Å². The Morgan fingerprint density at radius 2 is 1.91 bits per heavy atom. The van der Waals surface area contributed by atoms with Gasteiger partial charge in [0.05, 0.1) is 12.4 Å². The van der Waals surface area contributed by atoms with Crippen molar-refractivity contribution in [2.45, 2.75) is 51.7 Å². The summed E-state index contributed by atoms with van der Waals surface area (Å²) < 4.78 is 1.70. The van der Waals surface area contributed by atoms with Crippen molar-refractivity contribution in [1.29, 1.82) is 0 Å². The molecule has 6 heteroatoms. The lowest BCUT2D eigenvalue weighted by atomic mass is 9.95. The zero-order valence-electron chi connectivity index (χ0n) is 14.0. The van der Waals surface area contributed by atoms with Crippen LogP contribution in [-0.2, 0) is 11.3 Å². The molecule has 3 heterocycles. The molecule has 0 aromatic carbocycles. The van der Waals surface area contributed by atoms with Gasteiger partial charge in [0, 0.05) is 31.4 Å². The molecule has 1 unspecified atom stereocenters. The Morgan fingerprint density at radius 3 is 2.52 bits per heavy atom. The van der Waals surface area contributed by atoms with Crippen LogP contribution in [0.1, 0.15) is 33.1 Å². The third-order valence-corrected chi connectivity index (χ3v) is 5.17.